The third-order valence-corrected chi connectivity index (χ3v) is 1.94. The summed E-state index contributed by atoms with van der Waals surface area (Å²) in [5, 5.41) is 0. The Morgan fingerprint density at radius 2 is 2.25 bits per heavy atom. The summed E-state index contributed by atoms with van der Waals surface area (Å²) in [6.07, 6.45) is 3.15. The molecular weight excluding hydrogens is 156 g/mol. The van der Waals surface area contributed by atoms with Gasteiger partial charge in [0.1, 0.15) is 0 Å². The van der Waals surface area contributed by atoms with Gasteiger partial charge in [-0.1, -0.05) is 19.8 Å². The smallest absolute Gasteiger partial charge is 0.337 e. The number of esters is 1. The Bertz CT molecular complexity index is 156. The summed E-state index contributed by atoms with van der Waals surface area (Å²) in [6, 6.07) is 0. The molecule has 0 aromatic carbocycles. The number of unbranched alkanes of at least 4 members (excludes halogenated alkanes) is 1. The topological polar surface area (TPSA) is 38.8 Å². The first-order chi connectivity index (χ1) is 5.79. The molecule has 0 aromatic rings. The van der Waals surface area contributed by atoms with Crippen LogP contribution in [0.5, 0.6) is 0 Å². The number of carbonyl (C=O) groups excluding carboxylic acids is 1. The normalized spacial score (nSPS) is 26.8. The summed E-state index contributed by atoms with van der Waals surface area (Å²) < 4.78 is 9.97. The van der Waals surface area contributed by atoms with Crippen LogP contribution >= 0.6 is 0 Å². The van der Waals surface area contributed by atoms with Gasteiger partial charge in [-0.2, -0.15) is 0 Å². The highest BCUT2D eigenvalue weighted by atomic mass is 16.6. The maximum absolute atomic E-state index is 11.0. The highest BCUT2D eigenvalue weighted by molar-refractivity contribution is 5.77. The van der Waals surface area contributed by atoms with E-state index in [0.717, 1.165) is 19.3 Å². The largest absolute Gasteiger partial charge is 0.464 e. The lowest BCUT2D eigenvalue weighted by Gasteiger charge is -1.96. The van der Waals surface area contributed by atoms with Gasteiger partial charge in [-0.15, -0.1) is 0 Å². The fourth-order valence-electron chi connectivity index (χ4n) is 1.20. The first kappa shape index (κ1) is 9.52. The molecule has 0 spiro atoms. The first-order valence-corrected chi connectivity index (χ1v) is 4.61. The molecule has 1 heterocycles. The standard InChI is InChI=1S/C9H16O3/c1-3-5-6-7-8(12-7)9(10)11-4-2/h7-8H,3-6H2,1-2H3. The molecule has 3 heteroatoms. The van der Waals surface area contributed by atoms with E-state index in [0.29, 0.717) is 6.61 Å². The Morgan fingerprint density at radius 1 is 1.50 bits per heavy atom. The molecule has 1 aliphatic rings. The molecule has 0 radical (unpaired) electrons. The first-order valence-electron chi connectivity index (χ1n) is 4.61. The van der Waals surface area contributed by atoms with Gasteiger partial charge in [0.2, 0.25) is 0 Å². The van der Waals surface area contributed by atoms with Crippen LogP contribution < -0.4 is 0 Å². The van der Waals surface area contributed by atoms with Crippen LogP contribution in [0.25, 0.3) is 0 Å². The molecule has 0 bridgehead atoms. The van der Waals surface area contributed by atoms with Crippen LogP contribution in [0.2, 0.25) is 0 Å². The van der Waals surface area contributed by atoms with E-state index in [1.165, 1.54) is 0 Å². The van der Waals surface area contributed by atoms with Crippen molar-refractivity contribution in [3.8, 4) is 0 Å². The van der Waals surface area contributed by atoms with Crippen LogP contribution in [0.4, 0.5) is 0 Å². The molecule has 0 aliphatic carbocycles. The van der Waals surface area contributed by atoms with Gasteiger partial charge < -0.3 is 9.47 Å². The second-order valence-electron chi connectivity index (χ2n) is 2.99. The lowest BCUT2D eigenvalue weighted by Crippen LogP contribution is -2.13. The van der Waals surface area contributed by atoms with Crippen molar-refractivity contribution in [2.75, 3.05) is 6.61 Å². The van der Waals surface area contributed by atoms with Crippen molar-refractivity contribution in [1.29, 1.82) is 0 Å². The number of hydrogen-bond donors (Lipinski definition) is 0. The summed E-state index contributed by atoms with van der Waals surface area (Å²) in [6.45, 7) is 4.38. The average Bonchev–Trinajstić information content (AvgIpc) is 2.80. The number of rotatable bonds is 5. The Morgan fingerprint density at radius 3 is 2.83 bits per heavy atom. The summed E-state index contributed by atoms with van der Waals surface area (Å²) >= 11 is 0. The minimum absolute atomic E-state index is 0.143. The van der Waals surface area contributed by atoms with E-state index in [4.69, 9.17) is 9.47 Å². The zero-order valence-electron chi connectivity index (χ0n) is 7.71. The molecule has 0 N–H and O–H groups in total. The molecule has 1 aliphatic heterocycles. The highest BCUT2D eigenvalue weighted by Crippen LogP contribution is 2.27. The minimum Gasteiger partial charge on any atom is -0.464 e. The zero-order chi connectivity index (χ0) is 8.97. The Labute approximate surface area is 73.0 Å². The van der Waals surface area contributed by atoms with Crippen molar-refractivity contribution in [3.05, 3.63) is 0 Å². The monoisotopic (exact) mass is 172 g/mol. The van der Waals surface area contributed by atoms with Crippen molar-refractivity contribution in [2.24, 2.45) is 0 Å². The van der Waals surface area contributed by atoms with Gasteiger partial charge in [-0.25, -0.2) is 4.79 Å². The molecule has 0 saturated carbocycles. The lowest BCUT2D eigenvalue weighted by atomic mass is 10.1. The predicted octanol–water partition coefficient (Wildman–Crippen LogP) is 1.51. The van der Waals surface area contributed by atoms with Crippen molar-refractivity contribution < 1.29 is 14.3 Å². The van der Waals surface area contributed by atoms with Gasteiger partial charge in [0.05, 0.1) is 12.7 Å². The van der Waals surface area contributed by atoms with E-state index in [2.05, 4.69) is 6.92 Å². The van der Waals surface area contributed by atoms with E-state index in [1.807, 2.05) is 0 Å². The number of epoxide rings is 1. The zero-order valence-corrected chi connectivity index (χ0v) is 7.71. The van der Waals surface area contributed by atoms with E-state index < -0.39 is 0 Å². The number of hydrogen-bond acceptors (Lipinski definition) is 3. The molecule has 0 aromatic heterocycles. The molecule has 2 unspecified atom stereocenters. The minimum atomic E-state index is -0.253. The van der Waals surface area contributed by atoms with Gasteiger partial charge in [-0.05, 0) is 13.3 Å². The van der Waals surface area contributed by atoms with Crippen molar-refractivity contribution >= 4 is 5.97 Å². The second-order valence-corrected chi connectivity index (χ2v) is 2.99. The van der Waals surface area contributed by atoms with Crippen molar-refractivity contribution in [2.45, 2.75) is 45.3 Å². The summed E-state index contributed by atoms with van der Waals surface area (Å²) in [7, 11) is 0. The third kappa shape index (κ3) is 2.48. The van der Waals surface area contributed by atoms with Crippen molar-refractivity contribution in [3.63, 3.8) is 0 Å². The fourth-order valence-corrected chi connectivity index (χ4v) is 1.20. The SMILES string of the molecule is CCCCC1OC1C(=O)OCC. The van der Waals surface area contributed by atoms with Crippen molar-refractivity contribution in [1.82, 2.24) is 0 Å². The van der Waals surface area contributed by atoms with Gasteiger partial charge in [0.15, 0.2) is 6.10 Å². The van der Waals surface area contributed by atoms with Crippen LogP contribution in [-0.4, -0.2) is 24.8 Å². The molecule has 0 amide bonds. The Hall–Kier alpha value is -0.570. The molecule has 3 nitrogen and oxygen atoms in total. The van der Waals surface area contributed by atoms with Gasteiger partial charge >= 0.3 is 5.97 Å². The van der Waals surface area contributed by atoms with E-state index in [9.17, 15) is 4.79 Å². The van der Waals surface area contributed by atoms with Crippen LogP contribution in [0.1, 0.15) is 33.1 Å². The molecule has 1 fully saturated rings. The molecule has 70 valence electrons. The highest BCUT2D eigenvalue weighted by Gasteiger charge is 2.45. The predicted molar refractivity (Wildman–Crippen MR) is 44.8 cm³/mol. The molecule has 1 saturated heterocycles. The average molecular weight is 172 g/mol. The molecule has 1 rings (SSSR count). The molecular formula is C9H16O3. The maximum Gasteiger partial charge on any atom is 0.337 e. The second kappa shape index (κ2) is 4.45. The third-order valence-electron chi connectivity index (χ3n) is 1.94. The van der Waals surface area contributed by atoms with E-state index >= 15 is 0 Å². The molecule has 2 atom stereocenters. The molecule has 12 heavy (non-hydrogen) atoms. The Kier molecular flexibility index (Phi) is 3.53. The fraction of sp³-hybridized carbons (Fsp3) is 0.889. The van der Waals surface area contributed by atoms with Crippen LogP contribution in [-0.2, 0) is 14.3 Å². The quantitative estimate of drug-likeness (QED) is 0.466. The van der Waals surface area contributed by atoms with Crippen LogP contribution in [0, 0.1) is 0 Å². The van der Waals surface area contributed by atoms with Crippen LogP contribution in [0.3, 0.4) is 0 Å². The van der Waals surface area contributed by atoms with E-state index in [1.54, 1.807) is 6.92 Å². The summed E-state index contributed by atoms with van der Waals surface area (Å²) in [5.74, 6) is -0.196. The Balaban J connectivity index is 2.10. The van der Waals surface area contributed by atoms with Crippen LogP contribution in [0.15, 0.2) is 0 Å². The van der Waals surface area contributed by atoms with Gasteiger partial charge in [0, 0.05) is 0 Å². The maximum atomic E-state index is 11.0. The summed E-state index contributed by atoms with van der Waals surface area (Å²) in [5.41, 5.74) is 0. The van der Waals surface area contributed by atoms with E-state index in [-0.39, 0.29) is 18.2 Å². The number of carbonyl (C=O) groups is 1. The van der Waals surface area contributed by atoms with Gasteiger partial charge in [-0.3, -0.25) is 0 Å². The number of ether oxygens (including phenoxy) is 2. The van der Waals surface area contributed by atoms with Gasteiger partial charge in [0.25, 0.3) is 0 Å². The summed E-state index contributed by atoms with van der Waals surface area (Å²) in [4.78, 5) is 11.0. The lowest BCUT2D eigenvalue weighted by molar-refractivity contribution is -0.144.